The number of rotatable bonds is 5. The smallest absolute Gasteiger partial charge is 0.277 e. The number of carbonyl (C=O) groups excluding carboxylic acids is 1. The van der Waals surface area contributed by atoms with Crippen molar-refractivity contribution in [3.8, 4) is 5.82 Å². The number of nitrogens with zero attached hydrogens (tertiary/aromatic N) is 3. The summed E-state index contributed by atoms with van der Waals surface area (Å²) < 4.78 is 27.5. The van der Waals surface area contributed by atoms with E-state index in [9.17, 15) is 13.6 Å². The Hall–Kier alpha value is -2.35. The molecule has 0 aliphatic heterocycles. The molecule has 2 aromatic rings. The molecule has 0 atom stereocenters. The third kappa shape index (κ3) is 3.35. The van der Waals surface area contributed by atoms with Crippen LogP contribution in [0.3, 0.4) is 0 Å². The summed E-state index contributed by atoms with van der Waals surface area (Å²) in [4.78, 5) is 19.7. The van der Waals surface area contributed by atoms with Crippen LogP contribution in [0.15, 0.2) is 37.1 Å². The van der Waals surface area contributed by atoms with Gasteiger partial charge in [-0.2, -0.15) is 0 Å². The standard InChI is InChI=1S/C12H13F2N5O/c13-12(14,6-15)7-18-11(20)9-1-2-17-10(5-9)19-4-3-16-8-19/h1-5,8H,6-7,15H2,(H,18,20). The van der Waals surface area contributed by atoms with Crippen molar-refractivity contribution in [2.45, 2.75) is 5.92 Å². The van der Waals surface area contributed by atoms with E-state index < -0.39 is 24.9 Å². The number of halogens is 2. The second kappa shape index (κ2) is 5.74. The first-order valence-electron chi connectivity index (χ1n) is 5.82. The quantitative estimate of drug-likeness (QED) is 0.840. The van der Waals surface area contributed by atoms with Crippen LogP contribution in [0.4, 0.5) is 8.78 Å². The lowest BCUT2D eigenvalue weighted by atomic mass is 10.2. The van der Waals surface area contributed by atoms with Gasteiger partial charge in [0.05, 0.1) is 13.1 Å². The first-order chi connectivity index (χ1) is 9.52. The number of alkyl halides is 2. The van der Waals surface area contributed by atoms with Gasteiger partial charge in [-0.05, 0) is 12.1 Å². The second-order valence-electron chi connectivity index (χ2n) is 4.12. The lowest BCUT2D eigenvalue weighted by Gasteiger charge is -2.14. The van der Waals surface area contributed by atoms with Crippen molar-refractivity contribution in [1.82, 2.24) is 19.9 Å². The van der Waals surface area contributed by atoms with E-state index in [-0.39, 0.29) is 5.56 Å². The Bertz CT molecular complexity index is 585. The molecule has 1 amide bonds. The number of hydrogen-bond acceptors (Lipinski definition) is 4. The van der Waals surface area contributed by atoms with Crippen LogP contribution in [0.25, 0.3) is 5.82 Å². The monoisotopic (exact) mass is 281 g/mol. The van der Waals surface area contributed by atoms with E-state index in [1.165, 1.54) is 24.7 Å². The lowest BCUT2D eigenvalue weighted by Crippen LogP contribution is -2.41. The summed E-state index contributed by atoms with van der Waals surface area (Å²) in [6.07, 6.45) is 6.17. The van der Waals surface area contributed by atoms with Gasteiger partial charge in [0.25, 0.3) is 11.8 Å². The Labute approximate surface area is 113 Å². The number of hydrogen-bond donors (Lipinski definition) is 2. The van der Waals surface area contributed by atoms with Gasteiger partial charge in [-0.15, -0.1) is 0 Å². The number of carbonyl (C=O) groups is 1. The Kier molecular flexibility index (Phi) is 4.04. The third-order valence-corrected chi connectivity index (χ3v) is 2.58. The molecule has 0 radical (unpaired) electrons. The molecule has 20 heavy (non-hydrogen) atoms. The zero-order chi connectivity index (χ0) is 14.6. The van der Waals surface area contributed by atoms with Gasteiger partial charge in [-0.3, -0.25) is 9.36 Å². The minimum Gasteiger partial charge on any atom is -0.346 e. The highest BCUT2D eigenvalue weighted by atomic mass is 19.3. The van der Waals surface area contributed by atoms with Gasteiger partial charge in [0.2, 0.25) is 0 Å². The molecule has 0 aromatic carbocycles. The summed E-state index contributed by atoms with van der Waals surface area (Å²) in [6, 6.07) is 2.92. The van der Waals surface area contributed by atoms with Crippen molar-refractivity contribution in [1.29, 1.82) is 0 Å². The fraction of sp³-hybridized carbons (Fsp3) is 0.250. The van der Waals surface area contributed by atoms with Crippen LogP contribution in [0, 0.1) is 0 Å². The fourth-order valence-corrected chi connectivity index (χ4v) is 1.48. The molecule has 8 heteroatoms. The SMILES string of the molecule is NCC(F)(F)CNC(=O)c1ccnc(-n2ccnc2)c1. The zero-order valence-corrected chi connectivity index (χ0v) is 10.5. The lowest BCUT2D eigenvalue weighted by molar-refractivity contribution is 0.0118. The Balaban J connectivity index is 2.09. The third-order valence-electron chi connectivity index (χ3n) is 2.58. The molecule has 0 aliphatic rings. The minimum absolute atomic E-state index is 0.233. The van der Waals surface area contributed by atoms with Gasteiger partial charge in [0.1, 0.15) is 12.1 Å². The number of aromatic nitrogens is 3. The average molecular weight is 281 g/mol. The highest BCUT2D eigenvalue weighted by Crippen LogP contribution is 2.10. The largest absolute Gasteiger partial charge is 0.346 e. The summed E-state index contributed by atoms with van der Waals surface area (Å²) in [5.41, 5.74) is 5.13. The van der Waals surface area contributed by atoms with Gasteiger partial charge < -0.3 is 11.1 Å². The maximum Gasteiger partial charge on any atom is 0.277 e. The molecular formula is C12H13F2N5O. The summed E-state index contributed by atoms with van der Waals surface area (Å²) in [7, 11) is 0. The predicted molar refractivity (Wildman–Crippen MR) is 67.7 cm³/mol. The summed E-state index contributed by atoms with van der Waals surface area (Å²) in [6.45, 7) is -1.62. The molecule has 0 saturated heterocycles. The molecule has 3 N–H and O–H groups in total. The normalized spacial score (nSPS) is 11.3. The maximum absolute atomic E-state index is 13.0. The molecule has 0 fully saturated rings. The van der Waals surface area contributed by atoms with E-state index in [0.717, 1.165) is 0 Å². The van der Waals surface area contributed by atoms with E-state index in [4.69, 9.17) is 5.73 Å². The van der Waals surface area contributed by atoms with Crippen molar-refractivity contribution in [3.63, 3.8) is 0 Å². The van der Waals surface area contributed by atoms with E-state index in [2.05, 4.69) is 15.3 Å². The maximum atomic E-state index is 13.0. The van der Waals surface area contributed by atoms with Gasteiger partial charge in [-0.25, -0.2) is 18.7 Å². The van der Waals surface area contributed by atoms with E-state index >= 15 is 0 Å². The first-order valence-corrected chi connectivity index (χ1v) is 5.82. The van der Waals surface area contributed by atoms with Crippen LogP contribution in [0.1, 0.15) is 10.4 Å². The van der Waals surface area contributed by atoms with Crippen LogP contribution < -0.4 is 11.1 Å². The zero-order valence-electron chi connectivity index (χ0n) is 10.5. The topological polar surface area (TPSA) is 85.8 Å². The van der Waals surface area contributed by atoms with Crippen molar-refractivity contribution in [2.24, 2.45) is 5.73 Å². The fourth-order valence-electron chi connectivity index (χ4n) is 1.48. The second-order valence-corrected chi connectivity index (χ2v) is 4.12. The molecule has 2 aromatic heterocycles. The van der Waals surface area contributed by atoms with E-state index in [0.29, 0.717) is 5.82 Å². The Morgan fingerprint density at radius 2 is 2.25 bits per heavy atom. The van der Waals surface area contributed by atoms with Crippen LogP contribution in [-0.2, 0) is 0 Å². The highest BCUT2D eigenvalue weighted by Gasteiger charge is 2.27. The van der Waals surface area contributed by atoms with Crippen molar-refractivity contribution < 1.29 is 13.6 Å². The van der Waals surface area contributed by atoms with E-state index in [1.807, 2.05) is 0 Å². The molecule has 106 valence electrons. The van der Waals surface area contributed by atoms with Crippen LogP contribution >= 0.6 is 0 Å². The molecule has 0 unspecified atom stereocenters. The molecule has 0 bridgehead atoms. The van der Waals surface area contributed by atoms with Crippen molar-refractivity contribution in [3.05, 3.63) is 42.6 Å². The molecular weight excluding hydrogens is 268 g/mol. The number of nitrogens with two attached hydrogens (primary N) is 1. The Morgan fingerprint density at radius 1 is 1.45 bits per heavy atom. The van der Waals surface area contributed by atoms with Crippen LogP contribution in [-0.4, -0.2) is 39.5 Å². The molecule has 2 rings (SSSR count). The molecule has 0 saturated carbocycles. The van der Waals surface area contributed by atoms with Gasteiger partial charge in [0.15, 0.2) is 0 Å². The average Bonchev–Trinajstić information content (AvgIpc) is 2.99. The van der Waals surface area contributed by atoms with E-state index in [1.54, 1.807) is 17.0 Å². The predicted octanol–water partition coefficient (Wildman–Crippen LogP) is 0.591. The molecule has 2 heterocycles. The summed E-state index contributed by atoms with van der Waals surface area (Å²) >= 11 is 0. The highest BCUT2D eigenvalue weighted by molar-refractivity contribution is 5.94. The van der Waals surface area contributed by atoms with Gasteiger partial charge in [0, 0.05) is 24.2 Å². The molecule has 0 aliphatic carbocycles. The number of nitrogens with one attached hydrogen (secondary N) is 1. The molecule has 0 spiro atoms. The van der Waals surface area contributed by atoms with Crippen molar-refractivity contribution >= 4 is 5.91 Å². The Morgan fingerprint density at radius 3 is 2.90 bits per heavy atom. The van der Waals surface area contributed by atoms with Crippen LogP contribution in [0.2, 0.25) is 0 Å². The summed E-state index contributed by atoms with van der Waals surface area (Å²) in [5, 5.41) is 2.14. The van der Waals surface area contributed by atoms with Crippen LogP contribution in [0.5, 0.6) is 0 Å². The minimum atomic E-state index is -3.12. The number of amides is 1. The van der Waals surface area contributed by atoms with Gasteiger partial charge >= 0.3 is 0 Å². The van der Waals surface area contributed by atoms with Crippen molar-refractivity contribution in [2.75, 3.05) is 13.1 Å². The number of pyridine rings is 1. The number of imidazole rings is 1. The molecule has 6 nitrogen and oxygen atoms in total. The first kappa shape index (κ1) is 14.1. The van der Waals surface area contributed by atoms with Gasteiger partial charge in [-0.1, -0.05) is 0 Å². The summed E-state index contributed by atoms with van der Waals surface area (Å²) in [5.74, 6) is -3.25.